The van der Waals surface area contributed by atoms with Gasteiger partial charge < -0.3 is 0 Å². The maximum absolute atomic E-state index is 10.4. The van der Waals surface area contributed by atoms with Gasteiger partial charge in [0.15, 0.2) is 6.29 Å². The van der Waals surface area contributed by atoms with Crippen molar-refractivity contribution in [1.29, 1.82) is 0 Å². The maximum atomic E-state index is 10.4. The lowest BCUT2D eigenvalue weighted by Crippen LogP contribution is -2.06. The predicted molar refractivity (Wildman–Crippen MR) is 31.0 cm³/mol. The molecular weight excluding hydrogens is 120 g/mol. The molecule has 50 valence electrons. The van der Waals surface area contributed by atoms with E-state index in [2.05, 4.69) is 0 Å². The Bertz CT molecular complexity index is 137. The number of aldehydes is 1. The highest BCUT2D eigenvalue weighted by Gasteiger charge is 2.04. The zero-order chi connectivity index (χ0) is 7.28. The molecule has 0 spiro atoms. The summed E-state index contributed by atoms with van der Waals surface area (Å²) < 4.78 is 0. The maximum Gasteiger partial charge on any atom is 0.202 e. The number of ketones is 2. The number of carbonyl (C=O) groups excluding carboxylic acids is 3. The first-order valence-corrected chi connectivity index (χ1v) is 2.70. The van der Waals surface area contributed by atoms with Crippen molar-refractivity contribution in [2.75, 3.05) is 0 Å². The molecular formula is C6H8O3. The number of carbonyl (C=O) groups is 3. The summed E-state index contributed by atoms with van der Waals surface area (Å²) in [6.45, 7) is 1.65. The quantitative estimate of drug-likeness (QED) is 0.307. The number of hydrogen-bond donors (Lipinski definition) is 0. The Labute approximate surface area is 53.0 Å². The predicted octanol–water partition coefficient (Wildman–Crippen LogP) is 0.124. The SMILES string of the molecule is CCC(=O)CC(=O)C=O. The molecule has 0 radical (unpaired) electrons. The molecule has 9 heavy (non-hydrogen) atoms. The second kappa shape index (κ2) is 3.95. The fourth-order valence-electron chi connectivity index (χ4n) is 0.361. The van der Waals surface area contributed by atoms with Crippen molar-refractivity contribution in [3.8, 4) is 0 Å². The molecule has 0 heterocycles. The summed E-state index contributed by atoms with van der Waals surface area (Å²) in [7, 11) is 0. The summed E-state index contributed by atoms with van der Waals surface area (Å²) in [4.78, 5) is 30.2. The molecule has 0 aliphatic carbocycles. The highest BCUT2D eigenvalue weighted by Crippen LogP contribution is 1.87. The van der Waals surface area contributed by atoms with Crippen LogP contribution >= 0.6 is 0 Å². The molecule has 0 fully saturated rings. The van der Waals surface area contributed by atoms with E-state index in [0.717, 1.165) is 0 Å². The average Bonchev–Trinajstić information content (AvgIpc) is 1.87. The van der Waals surface area contributed by atoms with Crippen LogP contribution in [0.2, 0.25) is 0 Å². The molecule has 0 saturated heterocycles. The molecule has 0 aromatic rings. The van der Waals surface area contributed by atoms with Gasteiger partial charge in [-0.2, -0.15) is 0 Å². The van der Waals surface area contributed by atoms with Gasteiger partial charge in [0.1, 0.15) is 5.78 Å². The zero-order valence-electron chi connectivity index (χ0n) is 5.22. The van der Waals surface area contributed by atoms with Crippen molar-refractivity contribution >= 4 is 17.9 Å². The van der Waals surface area contributed by atoms with Gasteiger partial charge >= 0.3 is 0 Å². The standard InChI is InChI=1S/C6H8O3/c1-2-5(8)3-6(9)4-7/h4H,2-3H2,1H3. The van der Waals surface area contributed by atoms with Crippen molar-refractivity contribution in [1.82, 2.24) is 0 Å². The van der Waals surface area contributed by atoms with E-state index >= 15 is 0 Å². The fourth-order valence-corrected chi connectivity index (χ4v) is 0.361. The van der Waals surface area contributed by atoms with Crippen LogP contribution in [0.3, 0.4) is 0 Å². The summed E-state index contributed by atoms with van der Waals surface area (Å²) in [5, 5.41) is 0. The van der Waals surface area contributed by atoms with Crippen molar-refractivity contribution in [3.05, 3.63) is 0 Å². The largest absolute Gasteiger partial charge is 0.299 e. The molecule has 0 atom stereocenters. The van der Waals surface area contributed by atoms with Gasteiger partial charge in [-0.1, -0.05) is 6.92 Å². The lowest BCUT2D eigenvalue weighted by atomic mass is 10.2. The van der Waals surface area contributed by atoms with Crippen molar-refractivity contribution in [3.63, 3.8) is 0 Å². The first-order valence-electron chi connectivity index (χ1n) is 2.70. The van der Waals surface area contributed by atoms with Crippen LogP contribution in [0.15, 0.2) is 0 Å². The van der Waals surface area contributed by atoms with E-state index in [1.54, 1.807) is 6.92 Å². The van der Waals surface area contributed by atoms with Gasteiger partial charge in [-0.3, -0.25) is 14.4 Å². The third-order valence-corrected chi connectivity index (χ3v) is 0.897. The zero-order valence-corrected chi connectivity index (χ0v) is 5.22. The Balaban J connectivity index is 3.59. The average molecular weight is 128 g/mol. The van der Waals surface area contributed by atoms with Gasteiger partial charge in [0.2, 0.25) is 5.78 Å². The van der Waals surface area contributed by atoms with Crippen LogP contribution in [0.25, 0.3) is 0 Å². The second-order valence-corrected chi connectivity index (χ2v) is 1.65. The Hall–Kier alpha value is -0.990. The summed E-state index contributed by atoms with van der Waals surface area (Å²) in [6.07, 6.45) is 0.257. The van der Waals surface area contributed by atoms with Crippen molar-refractivity contribution in [2.24, 2.45) is 0 Å². The summed E-state index contributed by atoms with van der Waals surface area (Å²) in [6, 6.07) is 0. The first kappa shape index (κ1) is 8.01. The molecule has 0 aliphatic heterocycles. The minimum atomic E-state index is -0.637. The van der Waals surface area contributed by atoms with Gasteiger partial charge in [-0.25, -0.2) is 0 Å². The fraction of sp³-hybridized carbons (Fsp3) is 0.500. The molecule has 0 aliphatic rings. The monoisotopic (exact) mass is 128 g/mol. The van der Waals surface area contributed by atoms with E-state index in [1.807, 2.05) is 0 Å². The van der Waals surface area contributed by atoms with Crippen molar-refractivity contribution in [2.45, 2.75) is 19.8 Å². The topological polar surface area (TPSA) is 51.2 Å². The molecule has 0 rings (SSSR count). The van der Waals surface area contributed by atoms with Crippen LogP contribution < -0.4 is 0 Å². The molecule has 3 heteroatoms. The van der Waals surface area contributed by atoms with Gasteiger partial charge in [-0.05, 0) is 0 Å². The highest BCUT2D eigenvalue weighted by molar-refractivity contribution is 6.29. The lowest BCUT2D eigenvalue weighted by Gasteiger charge is -1.86. The second-order valence-electron chi connectivity index (χ2n) is 1.65. The summed E-state index contributed by atoms with van der Waals surface area (Å²) in [5.74, 6) is -0.825. The summed E-state index contributed by atoms with van der Waals surface area (Å²) in [5.41, 5.74) is 0. The number of hydrogen-bond acceptors (Lipinski definition) is 3. The van der Waals surface area contributed by atoms with Crippen LogP contribution in [0.4, 0.5) is 0 Å². The Morgan fingerprint density at radius 1 is 1.44 bits per heavy atom. The van der Waals surface area contributed by atoms with Gasteiger partial charge in [-0.15, -0.1) is 0 Å². The smallest absolute Gasteiger partial charge is 0.202 e. The van der Waals surface area contributed by atoms with Crippen LogP contribution in [0.1, 0.15) is 19.8 Å². The van der Waals surface area contributed by atoms with E-state index in [9.17, 15) is 14.4 Å². The van der Waals surface area contributed by atoms with Gasteiger partial charge in [0.25, 0.3) is 0 Å². The Morgan fingerprint density at radius 3 is 2.33 bits per heavy atom. The molecule has 3 nitrogen and oxygen atoms in total. The summed E-state index contributed by atoms with van der Waals surface area (Å²) >= 11 is 0. The number of Topliss-reactive ketones (excluding diaryl/α,β-unsaturated/α-hetero) is 2. The third-order valence-electron chi connectivity index (χ3n) is 0.897. The van der Waals surface area contributed by atoms with Crippen LogP contribution in [0.5, 0.6) is 0 Å². The lowest BCUT2D eigenvalue weighted by molar-refractivity contribution is -0.133. The molecule has 0 unspecified atom stereocenters. The van der Waals surface area contributed by atoms with Crippen LogP contribution in [-0.4, -0.2) is 17.9 Å². The third kappa shape index (κ3) is 3.58. The van der Waals surface area contributed by atoms with Crippen LogP contribution in [0, 0.1) is 0 Å². The molecule has 0 saturated carbocycles. The van der Waals surface area contributed by atoms with E-state index in [-0.39, 0.29) is 18.5 Å². The van der Waals surface area contributed by atoms with E-state index in [4.69, 9.17) is 0 Å². The minimum absolute atomic E-state index is 0.174. The number of rotatable bonds is 4. The van der Waals surface area contributed by atoms with Crippen molar-refractivity contribution < 1.29 is 14.4 Å². The normalized spacial score (nSPS) is 8.56. The molecule has 0 aromatic heterocycles. The molecule has 0 bridgehead atoms. The molecule has 0 N–H and O–H groups in total. The Morgan fingerprint density at radius 2 is 2.00 bits per heavy atom. The minimum Gasteiger partial charge on any atom is -0.299 e. The van der Waals surface area contributed by atoms with E-state index < -0.39 is 5.78 Å². The molecule has 0 aromatic carbocycles. The van der Waals surface area contributed by atoms with Crippen LogP contribution in [-0.2, 0) is 14.4 Å². The molecule has 0 amide bonds. The van der Waals surface area contributed by atoms with Gasteiger partial charge in [0, 0.05) is 6.42 Å². The highest BCUT2D eigenvalue weighted by atomic mass is 16.2. The van der Waals surface area contributed by atoms with E-state index in [1.165, 1.54) is 0 Å². The van der Waals surface area contributed by atoms with E-state index in [0.29, 0.717) is 6.42 Å². The Kier molecular flexibility index (Phi) is 3.51. The first-order chi connectivity index (χ1) is 4.20. The van der Waals surface area contributed by atoms with Gasteiger partial charge in [0.05, 0.1) is 6.42 Å².